The van der Waals surface area contributed by atoms with E-state index in [1.54, 1.807) is 0 Å². The number of rotatable bonds is 1. The summed E-state index contributed by atoms with van der Waals surface area (Å²) in [4.78, 5) is 21.6. The van der Waals surface area contributed by atoms with E-state index in [0.29, 0.717) is 5.82 Å². The maximum atomic E-state index is 10.9. The summed E-state index contributed by atoms with van der Waals surface area (Å²) in [7, 11) is 0. The summed E-state index contributed by atoms with van der Waals surface area (Å²) >= 11 is 7.02. The summed E-state index contributed by atoms with van der Waals surface area (Å²) in [5.74, 6) is 0.365. The Bertz CT molecular complexity index is 465. The fourth-order valence-corrected chi connectivity index (χ4v) is 1.69. The van der Waals surface area contributed by atoms with E-state index in [1.165, 1.54) is 11.3 Å². The van der Waals surface area contributed by atoms with Crippen LogP contribution in [-0.2, 0) is 0 Å². The van der Waals surface area contributed by atoms with Crippen molar-refractivity contribution in [1.29, 1.82) is 0 Å². The summed E-state index contributed by atoms with van der Waals surface area (Å²) < 4.78 is 0. The monoisotopic (exact) mass is 213 g/mol. The van der Waals surface area contributed by atoms with E-state index in [4.69, 9.17) is 11.6 Å². The predicted molar refractivity (Wildman–Crippen MR) is 51.0 cm³/mol. The summed E-state index contributed by atoms with van der Waals surface area (Å²) in [6.45, 7) is 0. The zero-order valence-corrected chi connectivity index (χ0v) is 7.89. The molecule has 1 N–H and O–H groups in total. The molecule has 0 saturated heterocycles. The number of halogens is 1. The van der Waals surface area contributed by atoms with Gasteiger partial charge in [-0.3, -0.25) is 4.98 Å². The summed E-state index contributed by atoms with van der Waals surface area (Å²) in [6, 6.07) is 3.69. The molecule has 2 rings (SSSR count). The number of hydrogen-bond donors (Lipinski definition) is 1. The Hall–Kier alpha value is -1.20. The molecule has 2 heterocycles. The number of hydrogen-bond acceptors (Lipinski definition) is 4. The van der Waals surface area contributed by atoms with Crippen molar-refractivity contribution in [2.75, 3.05) is 0 Å². The van der Waals surface area contributed by atoms with Gasteiger partial charge in [-0.05, 0) is 23.0 Å². The minimum absolute atomic E-state index is 0.0587. The van der Waals surface area contributed by atoms with Gasteiger partial charge < -0.3 is 0 Å². The number of nitrogens with zero attached hydrogens (tertiary/aromatic N) is 2. The molecule has 0 atom stereocenters. The van der Waals surface area contributed by atoms with Crippen LogP contribution >= 0.6 is 22.9 Å². The zero-order chi connectivity index (χ0) is 9.26. The third-order valence-corrected chi connectivity index (χ3v) is 2.41. The van der Waals surface area contributed by atoms with Crippen molar-refractivity contribution in [2.24, 2.45) is 0 Å². The molecule has 0 aliphatic carbocycles. The van der Waals surface area contributed by atoms with Gasteiger partial charge in [-0.25, -0.2) is 4.79 Å². The molecular formula is C7H4ClN3OS. The topological polar surface area (TPSA) is 58.6 Å². The Morgan fingerprint density at radius 2 is 2.31 bits per heavy atom. The lowest BCUT2D eigenvalue weighted by atomic mass is 10.4. The van der Waals surface area contributed by atoms with Crippen molar-refractivity contribution in [3.05, 3.63) is 33.3 Å². The van der Waals surface area contributed by atoms with Crippen LogP contribution in [0.5, 0.6) is 0 Å². The number of aromatic nitrogens is 3. The van der Waals surface area contributed by atoms with Gasteiger partial charge in [0.15, 0.2) is 5.82 Å². The highest BCUT2D eigenvalue weighted by Crippen LogP contribution is 2.19. The van der Waals surface area contributed by atoms with Gasteiger partial charge in [0.05, 0.1) is 4.88 Å². The molecule has 6 heteroatoms. The molecule has 0 aliphatic rings. The largest absolute Gasteiger partial charge is 0.349 e. The Balaban J connectivity index is 2.59. The number of aromatic amines is 1. The molecule has 0 unspecified atom stereocenters. The smallest absolute Gasteiger partial charge is 0.280 e. The highest BCUT2D eigenvalue weighted by Gasteiger charge is 2.04. The molecule has 2 aromatic rings. The molecule has 66 valence electrons. The van der Waals surface area contributed by atoms with Gasteiger partial charge in [0, 0.05) is 0 Å². The molecule has 13 heavy (non-hydrogen) atoms. The van der Waals surface area contributed by atoms with Gasteiger partial charge in [0.2, 0.25) is 5.28 Å². The van der Waals surface area contributed by atoms with Crippen LogP contribution in [0.2, 0.25) is 5.28 Å². The molecule has 0 bridgehead atoms. The van der Waals surface area contributed by atoms with E-state index in [-0.39, 0.29) is 5.28 Å². The quantitative estimate of drug-likeness (QED) is 0.782. The van der Waals surface area contributed by atoms with Crippen molar-refractivity contribution in [3.8, 4) is 10.7 Å². The van der Waals surface area contributed by atoms with E-state index in [9.17, 15) is 4.79 Å². The molecular weight excluding hydrogens is 210 g/mol. The summed E-state index contributed by atoms with van der Waals surface area (Å²) in [5.41, 5.74) is -0.483. The number of thiophene rings is 1. The first-order valence-electron chi connectivity index (χ1n) is 3.43. The number of H-pyrrole nitrogens is 1. The lowest BCUT2D eigenvalue weighted by Gasteiger charge is -1.93. The first-order chi connectivity index (χ1) is 6.25. The van der Waals surface area contributed by atoms with Gasteiger partial charge in [-0.15, -0.1) is 11.3 Å². The minimum Gasteiger partial charge on any atom is -0.280 e. The maximum Gasteiger partial charge on any atom is 0.349 e. The second-order valence-electron chi connectivity index (χ2n) is 2.25. The molecule has 2 aromatic heterocycles. The fraction of sp³-hybridized carbons (Fsp3) is 0. The van der Waals surface area contributed by atoms with E-state index < -0.39 is 5.69 Å². The standard InChI is InChI=1S/C7H4ClN3OS/c8-6-9-5(10-7(12)11-6)4-2-1-3-13-4/h1-3H,(H,9,10,11,12). The molecule has 0 aliphatic heterocycles. The SMILES string of the molecule is O=c1nc(-c2cccs2)nc(Cl)[nH]1. The first kappa shape index (κ1) is 8.40. The Morgan fingerprint density at radius 3 is 2.92 bits per heavy atom. The molecule has 0 radical (unpaired) electrons. The number of nitrogens with one attached hydrogen (secondary N) is 1. The van der Waals surface area contributed by atoms with E-state index in [0.717, 1.165) is 4.88 Å². The van der Waals surface area contributed by atoms with Gasteiger partial charge in [0.1, 0.15) is 0 Å². The van der Waals surface area contributed by atoms with Crippen molar-refractivity contribution in [2.45, 2.75) is 0 Å². The van der Waals surface area contributed by atoms with Gasteiger partial charge in [0.25, 0.3) is 0 Å². The summed E-state index contributed by atoms with van der Waals surface area (Å²) in [6.07, 6.45) is 0. The van der Waals surface area contributed by atoms with Crippen molar-refractivity contribution in [3.63, 3.8) is 0 Å². The van der Waals surface area contributed by atoms with Crippen LogP contribution in [0.3, 0.4) is 0 Å². The van der Waals surface area contributed by atoms with Crippen LogP contribution in [-0.4, -0.2) is 15.0 Å². The van der Waals surface area contributed by atoms with E-state index >= 15 is 0 Å². The second-order valence-corrected chi connectivity index (χ2v) is 3.55. The lowest BCUT2D eigenvalue weighted by Crippen LogP contribution is -2.12. The van der Waals surface area contributed by atoms with Gasteiger partial charge in [-0.1, -0.05) is 6.07 Å². The van der Waals surface area contributed by atoms with Crippen LogP contribution in [0, 0.1) is 0 Å². The average molecular weight is 214 g/mol. The minimum atomic E-state index is -0.483. The fourth-order valence-electron chi connectivity index (χ4n) is 0.874. The van der Waals surface area contributed by atoms with Crippen LogP contribution in [0.4, 0.5) is 0 Å². The molecule has 0 amide bonds. The molecule has 0 saturated carbocycles. The lowest BCUT2D eigenvalue weighted by molar-refractivity contribution is 0.999. The second kappa shape index (κ2) is 3.27. The highest BCUT2D eigenvalue weighted by molar-refractivity contribution is 7.13. The highest BCUT2D eigenvalue weighted by atomic mass is 35.5. The summed E-state index contributed by atoms with van der Waals surface area (Å²) in [5, 5.41) is 1.94. The predicted octanol–water partition coefficient (Wildman–Crippen LogP) is 1.55. The van der Waals surface area contributed by atoms with Crippen LogP contribution in [0.15, 0.2) is 22.3 Å². The molecule has 4 nitrogen and oxygen atoms in total. The van der Waals surface area contributed by atoms with Crippen LogP contribution < -0.4 is 5.69 Å². The van der Waals surface area contributed by atoms with Crippen molar-refractivity contribution >= 4 is 22.9 Å². The molecule has 0 fully saturated rings. The van der Waals surface area contributed by atoms with E-state index in [2.05, 4.69) is 15.0 Å². The van der Waals surface area contributed by atoms with Gasteiger partial charge >= 0.3 is 5.69 Å². The van der Waals surface area contributed by atoms with Crippen molar-refractivity contribution < 1.29 is 0 Å². The Morgan fingerprint density at radius 1 is 1.46 bits per heavy atom. The van der Waals surface area contributed by atoms with Crippen LogP contribution in [0.25, 0.3) is 10.7 Å². The Labute approximate surface area is 82.3 Å². The van der Waals surface area contributed by atoms with Crippen molar-refractivity contribution in [1.82, 2.24) is 15.0 Å². The third kappa shape index (κ3) is 1.76. The Kier molecular flexibility index (Phi) is 2.12. The van der Waals surface area contributed by atoms with E-state index in [1.807, 2.05) is 17.5 Å². The zero-order valence-electron chi connectivity index (χ0n) is 6.32. The van der Waals surface area contributed by atoms with Gasteiger partial charge in [-0.2, -0.15) is 9.97 Å². The average Bonchev–Trinajstić information content (AvgIpc) is 2.53. The first-order valence-corrected chi connectivity index (χ1v) is 4.69. The maximum absolute atomic E-state index is 10.9. The normalized spacial score (nSPS) is 10.2. The third-order valence-electron chi connectivity index (χ3n) is 1.36. The van der Waals surface area contributed by atoms with Crippen LogP contribution in [0.1, 0.15) is 0 Å². The molecule has 0 aromatic carbocycles. The molecule has 0 spiro atoms.